The molecule has 0 aromatic heterocycles. The highest BCUT2D eigenvalue weighted by atomic mass is 13.6. The van der Waals surface area contributed by atoms with E-state index in [0.29, 0.717) is 0 Å². The van der Waals surface area contributed by atoms with Crippen molar-refractivity contribution in [3.8, 4) is 0 Å². The minimum Gasteiger partial charge on any atom is -0.111 e. The van der Waals surface area contributed by atoms with Crippen molar-refractivity contribution in [2.45, 2.75) is 13.0 Å². The molecule has 1 aromatic rings. The van der Waals surface area contributed by atoms with Crippen LogP contribution in [-0.4, -0.2) is 22.2 Å². The van der Waals surface area contributed by atoms with Crippen LogP contribution in [0.5, 0.6) is 0 Å². The van der Waals surface area contributed by atoms with Gasteiger partial charge in [-0.25, -0.2) is 0 Å². The molecule has 56 valence electrons. The van der Waals surface area contributed by atoms with E-state index in [0.717, 1.165) is 0 Å². The zero-order valence-corrected chi connectivity index (χ0v) is 7.59. The summed E-state index contributed by atoms with van der Waals surface area (Å²) in [6, 6.07) is 12.0. The van der Waals surface area contributed by atoms with Gasteiger partial charge in [0, 0.05) is 0 Å². The van der Waals surface area contributed by atoms with Crippen molar-refractivity contribution in [3.05, 3.63) is 36.4 Å². The third-order valence-electron chi connectivity index (χ3n) is 1.37. The van der Waals surface area contributed by atoms with Gasteiger partial charge in [-0.3, -0.25) is 0 Å². The number of hydrogen-bond donors (Lipinski definition) is 0. The average molecular weight is 144 g/mol. The van der Waals surface area contributed by atoms with Crippen molar-refractivity contribution in [2.75, 3.05) is 0 Å². The van der Waals surface area contributed by atoms with E-state index in [-0.39, 0.29) is 0 Å². The molecule has 0 aliphatic heterocycles. The highest BCUT2D eigenvalue weighted by molar-refractivity contribution is 7.01. The predicted molar refractivity (Wildman–Crippen MR) is 60.0 cm³/mol. The molecule has 3 heteroatoms. The maximum atomic E-state index is 2.21. The van der Waals surface area contributed by atoms with Gasteiger partial charge in [0.05, 0.1) is 22.2 Å². The monoisotopic (exact) mass is 144 g/mol. The van der Waals surface area contributed by atoms with Crippen LogP contribution in [0.4, 0.5) is 0 Å². The maximum Gasteiger partial charge on any atom is 0.0921 e. The summed E-state index contributed by atoms with van der Waals surface area (Å²) < 4.78 is 0. The average Bonchev–Trinajstić information content (AvgIpc) is 2.10. The lowest BCUT2D eigenvalue weighted by molar-refractivity contribution is 1.72. The molecule has 0 heterocycles. The fourth-order valence-corrected chi connectivity index (χ4v) is 0.738. The van der Waals surface area contributed by atoms with Crippen LogP contribution in [0.3, 0.4) is 0 Å². The molecule has 0 aliphatic rings. The van der Waals surface area contributed by atoms with Gasteiger partial charge in [-0.15, -0.1) is 6.22 Å². The molecule has 0 amide bonds. The summed E-state index contributed by atoms with van der Waals surface area (Å²) in [4.78, 5) is 0. The first-order chi connectivity index (χ1) is 5.41. The molecule has 1 aromatic carbocycles. The van der Waals surface area contributed by atoms with Crippen molar-refractivity contribution < 1.29 is 0 Å². The van der Waals surface area contributed by atoms with Gasteiger partial charge in [-0.05, 0) is 0 Å². The first-order valence-electron chi connectivity index (χ1n) is 4.41. The number of rotatable bonds is 2. The fraction of sp³-hybridized carbons (Fsp3) is 0.250. The van der Waals surface area contributed by atoms with E-state index >= 15 is 0 Å². The molecule has 0 radical (unpaired) electrons. The summed E-state index contributed by atoms with van der Waals surface area (Å²) in [5.74, 6) is 0. The summed E-state index contributed by atoms with van der Waals surface area (Å²) >= 11 is 0. The molecular weight excluding hydrogens is 129 g/mol. The molecule has 0 bridgehead atoms. The molecule has 0 N–H and O–H groups in total. The lowest BCUT2D eigenvalue weighted by Crippen LogP contribution is -1.94. The van der Waals surface area contributed by atoms with Crippen LogP contribution in [0.1, 0.15) is 0 Å². The standard InChI is InChI=1S/C6H6.C2H9B3/c1-2-4-6-5-3-1;1-4-5-2-3/h1-6H;4-5H,2-3H2,1H3. The Morgan fingerprint density at radius 2 is 1.36 bits per heavy atom. The molecular formula is C8H15B3. The van der Waals surface area contributed by atoms with Crippen LogP contribution in [0.15, 0.2) is 36.4 Å². The molecule has 1 rings (SSSR count). The summed E-state index contributed by atoms with van der Waals surface area (Å²) in [6.07, 6.45) is 1.34. The van der Waals surface area contributed by atoms with Crippen LogP contribution in [-0.2, 0) is 0 Å². The summed E-state index contributed by atoms with van der Waals surface area (Å²) in [6.45, 7) is 2.21. The summed E-state index contributed by atoms with van der Waals surface area (Å²) in [5, 5.41) is 0. The van der Waals surface area contributed by atoms with Crippen molar-refractivity contribution >= 4 is 22.2 Å². The van der Waals surface area contributed by atoms with Crippen molar-refractivity contribution in [1.29, 1.82) is 0 Å². The Labute approximate surface area is 72.3 Å². The highest BCUT2D eigenvalue weighted by Crippen LogP contribution is 1.79. The molecule has 0 saturated carbocycles. The Hall–Kier alpha value is -0.585. The second-order valence-corrected chi connectivity index (χ2v) is 2.51. The van der Waals surface area contributed by atoms with Crippen molar-refractivity contribution in [1.82, 2.24) is 0 Å². The zero-order valence-electron chi connectivity index (χ0n) is 7.59. The van der Waals surface area contributed by atoms with E-state index in [4.69, 9.17) is 0 Å². The van der Waals surface area contributed by atoms with Gasteiger partial charge < -0.3 is 0 Å². The maximum absolute atomic E-state index is 2.21. The van der Waals surface area contributed by atoms with Gasteiger partial charge in [-0.1, -0.05) is 43.2 Å². The minimum absolute atomic E-state index is 1.34. The second-order valence-electron chi connectivity index (χ2n) is 2.51. The fourth-order valence-electron chi connectivity index (χ4n) is 0.738. The minimum atomic E-state index is 1.34. The number of benzene rings is 1. The lowest BCUT2D eigenvalue weighted by Gasteiger charge is -1.72. The van der Waals surface area contributed by atoms with Gasteiger partial charge in [0.25, 0.3) is 0 Å². The largest absolute Gasteiger partial charge is 0.111 e. The van der Waals surface area contributed by atoms with Crippen LogP contribution in [0.2, 0.25) is 13.0 Å². The predicted octanol–water partition coefficient (Wildman–Crippen LogP) is 0.518. The van der Waals surface area contributed by atoms with Gasteiger partial charge in [0.1, 0.15) is 0 Å². The van der Waals surface area contributed by atoms with E-state index in [1.54, 1.807) is 0 Å². The van der Waals surface area contributed by atoms with E-state index in [9.17, 15) is 0 Å². The van der Waals surface area contributed by atoms with E-state index in [2.05, 4.69) is 14.7 Å². The van der Waals surface area contributed by atoms with Gasteiger partial charge in [0.2, 0.25) is 0 Å². The Kier molecular flexibility index (Phi) is 8.91. The third kappa shape index (κ3) is 9.41. The van der Waals surface area contributed by atoms with Crippen LogP contribution in [0, 0.1) is 0 Å². The van der Waals surface area contributed by atoms with Gasteiger partial charge in [-0.2, -0.15) is 0 Å². The van der Waals surface area contributed by atoms with E-state index in [1.807, 2.05) is 36.4 Å². The van der Waals surface area contributed by atoms with Crippen LogP contribution in [0.25, 0.3) is 0 Å². The quantitative estimate of drug-likeness (QED) is 0.530. The first-order valence-corrected chi connectivity index (χ1v) is 4.41. The Bertz CT molecular complexity index is 113. The van der Waals surface area contributed by atoms with Gasteiger partial charge in [0.15, 0.2) is 0 Å². The topological polar surface area (TPSA) is 0 Å². The van der Waals surface area contributed by atoms with Gasteiger partial charge >= 0.3 is 0 Å². The van der Waals surface area contributed by atoms with Crippen LogP contribution >= 0.6 is 0 Å². The van der Waals surface area contributed by atoms with E-state index < -0.39 is 0 Å². The zero-order chi connectivity index (χ0) is 8.36. The number of hydrogen-bond acceptors (Lipinski definition) is 0. The van der Waals surface area contributed by atoms with E-state index in [1.165, 1.54) is 20.6 Å². The molecule has 0 spiro atoms. The summed E-state index contributed by atoms with van der Waals surface area (Å²) in [7, 11) is 4.94. The summed E-state index contributed by atoms with van der Waals surface area (Å²) in [5.41, 5.74) is 0. The Morgan fingerprint density at radius 1 is 1.00 bits per heavy atom. The lowest BCUT2D eigenvalue weighted by atomic mass is 9.37. The van der Waals surface area contributed by atoms with Crippen molar-refractivity contribution in [2.24, 2.45) is 0 Å². The Balaban J connectivity index is 0.000000187. The highest BCUT2D eigenvalue weighted by Gasteiger charge is 1.76. The molecule has 11 heavy (non-hydrogen) atoms. The first kappa shape index (κ1) is 10.4. The normalized spacial score (nSPS) is 7.36. The molecule has 0 saturated heterocycles. The van der Waals surface area contributed by atoms with Crippen molar-refractivity contribution in [3.63, 3.8) is 0 Å². The molecule has 0 atom stereocenters. The molecule has 0 fully saturated rings. The molecule has 0 unspecified atom stereocenters. The smallest absolute Gasteiger partial charge is 0.0921 e. The molecule has 0 aliphatic carbocycles. The van der Waals surface area contributed by atoms with Crippen LogP contribution < -0.4 is 0 Å². The third-order valence-corrected chi connectivity index (χ3v) is 1.37. The second kappa shape index (κ2) is 9.41. The molecule has 0 nitrogen and oxygen atoms in total. The SMILES string of the molecule is BCBBC.c1ccccc1. The Morgan fingerprint density at radius 3 is 1.45 bits per heavy atom.